The number of carboxylic acids is 1. The summed E-state index contributed by atoms with van der Waals surface area (Å²) in [4.78, 5) is 11.8. The summed E-state index contributed by atoms with van der Waals surface area (Å²) >= 11 is 0. The molecule has 1 atom stereocenters. The molecule has 0 aromatic heterocycles. The lowest BCUT2D eigenvalue weighted by atomic mass is 10.0. The van der Waals surface area contributed by atoms with E-state index in [-0.39, 0.29) is 5.04 Å². The summed E-state index contributed by atoms with van der Waals surface area (Å²) < 4.78 is 12.3. The first kappa shape index (κ1) is 23.2. The average Bonchev–Trinajstić information content (AvgIpc) is 2.65. The fourth-order valence-electron chi connectivity index (χ4n) is 2.80. The van der Waals surface area contributed by atoms with E-state index >= 15 is 0 Å². The fraction of sp³-hybridized carbons (Fsp3) is 0.458. The summed E-state index contributed by atoms with van der Waals surface area (Å²) in [6.07, 6.45) is 0.747. The number of carboxylic acid groups (broad SMARTS) is 1. The molecule has 0 aliphatic carbocycles. The highest BCUT2D eigenvalue weighted by molar-refractivity contribution is 6.74. The van der Waals surface area contributed by atoms with Crippen LogP contribution in [0.5, 0.6) is 5.75 Å². The molecule has 2 rings (SSSR count). The summed E-state index contributed by atoms with van der Waals surface area (Å²) in [5.41, 5.74) is 2.75. The van der Waals surface area contributed by atoms with Gasteiger partial charge in [-0.25, -0.2) is 4.79 Å². The van der Waals surface area contributed by atoms with E-state index in [0.717, 1.165) is 24.0 Å². The summed E-state index contributed by atoms with van der Waals surface area (Å²) in [6.45, 7) is 13.9. The van der Waals surface area contributed by atoms with Crippen molar-refractivity contribution in [3.05, 3.63) is 65.2 Å². The second-order valence-electron chi connectivity index (χ2n) is 8.99. The quantitative estimate of drug-likeness (QED) is 0.485. The summed E-state index contributed by atoms with van der Waals surface area (Å²) in [5, 5.41) is 9.83. The van der Waals surface area contributed by atoms with Crippen molar-refractivity contribution in [2.45, 2.75) is 71.4 Å². The van der Waals surface area contributed by atoms with Crippen molar-refractivity contribution in [2.24, 2.45) is 0 Å². The van der Waals surface area contributed by atoms with Crippen molar-refractivity contribution in [3.63, 3.8) is 0 Å². The van der Waals surface area contributed by atoms with Gasteiger partial charge in [0.05, 0.1) is 6.61 Å². The van der Waals surface area contributed by atoms with Crippen LogP contribution in [0, 0.1) is 0 Å². The predicted octanol–water partition coefficient (Wildman–Crippen LogP) is 6.37. The zero-order valence-corrected chi connectivity index (χ0v) is 19.5. The Kier molecular flexibility index (Phi) is 7.66. The van der Waals surface area contributed by atoms with Crippen molar-refractivity contribution in [2.75, 3.05) is 0 Å². The van der Waals surface area contributed by atoms with Crippen LogP contribution in [-0.4, -0.2) is 19.4 Å². The van der Waals surface area contributed by atoms with Crippen molar-refractivity contribution >= 4 is 14.3 Å². The van der Waals surface area contributed by atoms with Gasteiger partial charge in [-0.3, -0.25) is 0 Å². The van der Waals surface area contributed by atoms with Gasteiger partial charge in [-0.05, 0) is 47.8 Å². The summed E-state index contributed by atoms with van der Waals surface area (Å²) in [7, 11) is -1.83. The van der Waals surface area contributed by atoms with Gasteiger partial charge in [-0.2, -0.15) is 0 Å². The normalized spacial score (nSPS) is 13.2. The van der Waals surface area contributed by atoms with E-state index in [4.69, 9.17) is 9.16 Å². The molecule has 158 valence electrons. The number of hydrogen-bond acceptors (Lipinski definition) is 3. The van der Waals surface area contributed by atoms with Crippen molar-refractivity contribution < 1.29 is 19.1 Å². The lowest BCUT2D eigenvalue weighted by Crippen LogP contribution is -2.40. The fourth-order valence-corrected chi connectivity index (χ4v) is 3.76. The van der Waals surface area contributed by atoms with Gasteiger partial charge in [-0.1, -0.05) is 70.5 Å². The van der Waals surface area contributed by atoms with E-state index in [1.807, 2.05) is 30.3 Å². The molecule has 0 radical (unpaired) electrons. The minimum absolute atomic E-state index is 0.159. The molecule has 2 aromatic carbocycles. The Hall–Kier alpha value is -2.11. The molecule has 0 amide bonds. The van der Waals surface area contributed by atoms with Crippen molar-refractivity contribution in [1.29, 1.82) is 0 Å². The first-order valence-electron chi connectivity index (χ1n) is 10.3. The van der Waals surface area contributed by atoms with E-state index in [9.17, 15) is 9.90 Å². The molecule has 0 fully saturated rings. The molecule has 4 nitrogen and oxygen atoms in total. The highest BCUT2D eigenvalue weighted by Crippen LogP contribution is 2.37. The van der Waals surface area contributed by atoms with Crippen molar-refractivity contribution in [1.82, 2.24) is 0 Å². The molecule has 0 heterocycles. The molecule has 0 aliphatic heterocycles. The Labute approximate surface area is 176 Å². The van der Waals surface area contributed by atoms with Gasteiger partial charge >= 0.3 is 5.97 Å². The molecule has 0 saturated carbocycles. The minimum atomic E-state index is -1.83. The van der Waals surface area contributed by atoms with Crippen LogP contribution in [0.25, 0.3) is 0 Å². The number of benzene rings is 2. The van der Waals surface area contributed by atoms with E-state index in [1.165, 1.54) is 0 Å². The lowest BCUT2D eigenvalue weighted by Gasteiger charge is -2.36. The van der Waals surface area contributed by atoms with Gasteiger partial charge in [0.2, 0.25) is 6.10 Å². The Morgan fingerprint density at radius 3 is 2.31 bits per heavy atom. The molecule has 0 spiro atoms. The average molecular weight is 415 g/mol. The minimum Gasteiger partial charge on any atom is -0.478 e. The summed E-state index contributed by atoms with van der Waals surface area (Å²) in [5.74, 6) is -0.372. The first-order chi connectivity index (χ1) is 13.5. The van der Waals surface area contributed by atoms with Gasteiger partial charge in [0.25, 0.3) is 0 Å². The zero-order chi connectivity index (χ0) is 21.7. The SMILES string of the molecule is CCCc1cc(CO[Si](C)(C)C(C)(C)C)ccc1OC(C(=O)O)c1ccccc1. The number of aryl methyl sites for hydroxylation is 1. The molecule has 1 unspecified atom stereocenters. The van der Waals surface area contributed by atoms with Gasteiger partial charge in [0.15, 0.2) is 8.32 Å². The maximum Gasteiger partial charge on any atom is 0.349 e. The lowest BCUT2D eigenvalue weighted by molar-refractivity contribution is -0.145. The van der Waals surface area contributed by atoms with Gasteiger partial charge < -0.3 is 14.3 Å². The van der Waals surface area contributed by atoms with E-state index < -0.39 is 20.4 Å². The third kappa shape index (κ3) is 6.18. The van der Waals surface area contributed by atoms with Crippen LogP contribution in [0.2, 0.25) is 18.1 Å². The number of hydrogen-bond donors (Lipinski definition) is 1. The van der Waals surface area contributed by atoms with Crippen LogP contribution in [0.4, 0.5) is 0 Å². The molecule has 2 aromatic rings. The number of ether oxygens (including phenoxy) is 1. The van der Waals surface area contributed by atoms with Crippen LogP contribution < -0.4 is 4.74 Å². The van der Waals surface area contributed by atoms with Crippen LogP contribution in [0.15, 0.2) is 48.5 Å². The van der Waals surface area contributed by atoms with Crippen LogP contribution in [0.1, 0.15) is 56.9 Å². The molecule has 5 heteroatoms. The van der Waals surface area contributed by atoms with Crippen molar-refractivity contribution in [3.8, 4) is 5.75 Å². The molecule has 0 bridgehead atoms. The first-order valence-corrected chi connectivity index (χ1v) is 13.2. The highest BCUT2D eigenvalue weighted by atomic mass is 28.4. The Balaban J connectivity index is 2.24. The predicted molar refractivity (Wildman–Crippen MR) is 120 cm³/mol. The monoisotopic (exact) mass is 414 g/mol. The van der Waals surface area contributed by atoms with Gasteiger partial charge in [0.1, 0.15) is 5.75 Å². The van der Waals surface area contributed by atoms with Crippen LogP contribution in [0.3, 0.4) is 0 Å². The smallest absolute Gasteiger partial charge is 0.349 e. The molecule has 1 N–H and O–H groups in total. The number of carbonyl (C=O) groups is 1. The zero-order valence-electron chi connectivity index (χ0n) is 18.5. The number of rotatable bonds is 9. The summed E-state index contributed by atoms with van der Waals surface area (Å²) in [6, 6.07) is 15.0. The van der Waals surface area contributed by atoms with Crippen LogP contribution >= 0.6 is 0 Å². The topological polar surface area (TPSA) is 55.8 Å². The molecule has 0 saturated heterocycles. The largest absolute Gasteiger partial charge is 0.478 e. The Morgan fingerprint density at radius 1 is 1.10 bits per heavy atom. The maximum absolute atomic E-state index is 11.8. The van der Waals surface area contributed by atoms with Crippen LogP contribution in [-0.2, 0) is 22.2 Å². The third-order valence-corrected chi connectivity index (χ3v) is 10.1. The molecule has 0 aliphatic rings. The third-order valence-electron chi connectivity index (χ3n) is 5.62. The second-order valence-corrected chi connectivity index (χ2v) is 13.8. The standard InChI is InChI=1S/C24H34O4Si/c1-7-11-20-16-18(17-27-29(5,6)24(2,3)4)14-15-21(20)28-22(23(25)26)19-12-9-8-10-13-19/h8-10,12-16,22H,7,11,17H2,1-6H3,(H,25,26). The molecular formula is C24H34O4Si. The van der Waals surface area contributed by atoms with E-state index in [2.05, 4.69) is 46.9 Å². The molecular weight excluding hydrogens is 380 g/mol. The second kappa shape index (κ2) is 9.59. The maximum atomic E-state index is 11.8. The molecule has 29 heavy (non-hydrogen) atoms. The van der Waals surface area contributed by atoms with Gasteiger partial charge in [0, 0.05) is 5.56 Å². The Morgan fingerprint density at radius 2 is 1.76 bits per heavy atom. The number of aliphatic carboxylic acids is 1. The Bertz CT molecular complexity index is 809. The van der Waals surface area contributed by atoms with E-state index in [0.29, 0.717) is 17.9 Å². The van der Waals surface area contributed by atoms with E-state index in [1.54, 1.807) is 12.1 Å². The highest BCUT2D eigenvalue weighted by Gasteiger charge is 2.37. The van der Waals surface area contributed by atoms with Gasteiger partial charge in [-0.15, -0.1) is 0 Å².